The van der Waals surface area contributed by atoms with Crippen LogP contribution in [0.5, 0.6) is 0 Å². The van der Waals surface area contributed by atoms with Crippen molar-refractivity contribution in [2.45, 2.75) is 52.6 Å². The first kappa shape index (κ1) is 38.6. The summed E-state index contributed by atoms with van der Waals surface area (Å²) in [6.45, 7) is 28.5. The van der Waals surface area contributed by atoms with E-state index in [-0.39, 0.29) is 11.1 Å². The first-order chi connectivity index (χ1) is 19.7. The van der Waals surface area contributed by atoms with Gasteiger partial charge in [0.05, 0.1) is 119 Å². The molecule has 0 amide bonds. The van der Waals surface area contributed by atoms with Gasteiger partial charge in [0.2, 0.25) is 0 Å². The Bertz CT molecular complexity index is 539. The van der Waals surface area contributed by atoms with Gasteiger partial charge in [-0.25, -0.2) is 0 Å². The summed E-state index contributed by atoms with van der Waals surface area (Å²) in [4.78, 5) is 4.76. The van der Waals surface area contributed by atoms with Crippen molar-refractivity contribution in [1.29, 1.82) is 0 Å². The van der Waals surface area contributed by atoms with Crippen molar-refractivity contribution in [2.24, 2.45) is 0 Å². The molecule has 2 saturated heterocycles. The fraction of sp³-hybridized carbons (Fsp3) is 1.00. The zero-order valence-corrected chi connectivity index (χ0v) is 27.1. The molecule has 41 heavy (non-hydrogen) atoms. The molecule has 0 radical (unpaired) electrons. The Balaban J connectivity index is 0.000000414. The molecular formula is C30H62N2O9. The van der Waals surface area contributed by atoms with Crippen LogP contribution in [0.25, 0.3) is 0 Å². The summed E-state index contributed by atoms with van der Waals surface area (Å²) in [6, 6.07) is 0. The minimum Gasteiger partial charge on any atom is -0.378 e. The minimum absolute atomic E-state index is 0.109. The highest BCUT2D eigenvalue weighted by Crippen LogP contribution is 2.13. The lowest BCUT2D eigenvalue weighted by molar-refractivity contribution is -0.0248. The molecule has 0 unspecified atom stereocenters. The second-order valence-electron chi connectivity index (χ2n) is 11.8. The molecule has 0 bridgehead atoms. The zero-order chi connectivity index (χ0) is 30.1. The van der Waals surface area contributed by atoms with Crippen LogP contribution in [0.1, 0.15) is 41.5 Å². The number of hydrogen-bond donors (Lipinski definition) is 0. The van der Waals surface area contributed by atoms with Crippen molar-refractivity contribution >= 4 is 0 Å². The van der Waals surface area contributed by atoms with E-state index in [1.165, 1.54) is 0 Å². The molecule has 0 aromatic rings. The first-order valence-electron chi connectivity index (χ1n) is 15.4. The first-order valence-corrected chi connectivity index (χ1v) is 15.4. The van der Waals surface area contributed by atoms with Crippen LogP contribution in [0.15, 0.2) is 0 Å². The average molecular weight is 595 g/mol. The molecule has 246 valence electrons. The highest BCUT2D eigenvalue weighted by Gasteiger charge is 2.21. The van der Waals surface area contributed by atoms with Gasteiger partial charge in [-0.05, 0) is 41.5 Å². The standard InChI is InChI=1S/C16H33NO5.C14H29NO4/c1-16(2,3)17-4-6-18-8-10-20-12-14-22-15-13-21-11-9-19-7-5-17;1-14(2,3)15-4-6-16-8-10-18-12-13-19-11-9-17-7-5-15/h4-15H2,1-3H3;4-13H2,1-3H3. The Kier molecular flexibility index (Phi) is 23.5. The number of nitrogens with zero attached hydrogens (tertiary/aromatic N) is 2. The van der Waals surface area contributed by atoms with Gasteiger partial charge in [-0.2, -0.15) is 0 Å². The molecule has 0 spiro atoms. The summed E-state index contributed by atoms with van der Waals surface area (Å²) >= 11 is 0. The molecule has 0 N–H and O–H groups in total. The molecule has 0 aliphatic carbocycles. The van der Waals surface area contributed by atoms with Gasteiger partial charge in [-0.15, -0.1) is 0 Å². The minimum atomic E-state index is 0.109. The maximum absolute atomic E-state index is 5.64. The van der Waals surface area contributed by atoms with E-state index < -0.39 is 0 Å². The largest absolute Gasteiger partial charge is 0.378 e. The Labute approximate surface area is 250 Å². The van der Waals surface area contributed by atoms with Gasteiger partial charge >= 0.3 is 0 Å². The Morgan fingerprint density at radius 1 is 0.268 bits per heavy atom. The maximum Gasteiger partial charge on any atom is 0.0701 e. The summed E-state index contributed by atoms with van der Waals surface area (Å²) in [6.07, 6.45) is 0. The van der Waals surface area contributed by atoms with Crippen molar-refractivity contribution in [3.8, 4) is 0 Å². The van der Waals surface area contributed by atoms with Gasteiger partial charge < -0.3 is 42.6 Å². The average Bonchev–Trinajstić information content (AvgIpc) is 2.92. The van der Waals surface area contributed by atoms with Gasteiger partial charge in [0.15, 0.2) is 0 Å². The van der Waals surface area contributed by atoms with E-state index in [1.54, 1.807) is 0 Å². The number of rotatable bonds is 0. The lowest BCUT2D eigenvalue weighted by Crippen LogP contribution is -2.45. The third-order valence-corrected chi connectivity index (χ3v) is 6.52. The van der Waals surface area contributed by atoms with Crippen LogP contribution in [0.4, 0.5) is 0 Å². The van der Waals surface area contributed by atoms with Crippen LogP contribution in [0.3, 0.4) is 0 Å². The maximum atomic E-state index is 5.64. The van der Waals surface area contributed by atoms with E-state index in [0.29, 0.717) is 106 Å². The van der Waals surface area contributed by atoms with Crippen molar-refractivity contribution in [1.82, 2.24) is 9.80 Å². The fourth-order valence-corrected chi connectivity index (χ4v) is 4.01. The molecule has 0 aromatic carbocycles. The third kappa shape index (κ3) is 23.7. The second kappa shape index (κ2) is 24.9. The number of ether oxygens (including phenoxy) is 9. The van der Waals surface area contributed by atoms with E-state index in [2.05, 4.69) is 51.3 Å². The monoisotopic (exact) mass is 594 g/mol. The Morgan fingerprint density at radius 3 is 0.561 bits per heavy atom. The topological polar surface area (TPSA) is 89.6 Å². The van der Waals surface area contributed by atoms with Crippen molar-refractivity contribution < 1.29 is 42.6 Å². The molecular weight excluding hydrogens is 532 g/mol. The summed E-state index contributed by atoms with van der Waals surface area (Å²) < 4.78 is 49.5. The van der Waals surface area contributed by atoms with E-state index in [4.69, 9.17) is 42.6 Å². The van der Waals surface area contributed by atoms with Crippen LogP contribution >= 0.6 is 0 Å². The molecule has 2 rings (SSSR count). The summed E-state index contributed by atoms with van der Waals surface area (Å²) in [5, 5.41) is 0. The highest BCUT2D eigenvalue weighted by atomic mass is 16.6. The molecule has 2 fully saturated rings. The zero-order valence-electron chi connectivity index (χ0n) is 27.1. The van der Waals surface area contributed by atoms with Gasteiger partial charge in [-0.1, -0.05) is 0 Å². The predicted molar refractivity (Wildman–Crippen MR) is 160 cm³/mol. The molecule has 2 aliphatic heterocycles. The van der Waals surface area contributed by atoms with Crippen molar-refractivity contribution in [3.63, 3.8) is 0 Å². The van der Waals surface area contributed by atoms with Gasteiger partial charge in [0.25, 0.3) is 0 Å². The van der Waals surface area contributed by atoms with Gasteiger partial charge in [-0.3, -0.25) is 9.80 Å². The van der Waals surface area contributed by atoms with Crippen LogP contribution in [0.2, 0.25) is 0 Å². The molecule has 0 aromatic heterocycles. The molecule has 0 saturated carbocycles. The van der Waals surface area contributed by atoms with Crippen LogP contribution in [-0.4, -0.2) is 166 Å². The van der Waals surface area contributed by atoms with Crippen LogP contribution < -0.4 is 0 Å². The lowest BCUT2D eigenvalue weighted by Gasteiger charge is -2.35. The summed E-state index contributed by atoms with van der Waals surface area (Å²) in [5.74, 6) is 0. The quantitative estimate of drug-likeness (QED) is 0.414. The normalized spacial score (nSPS) is 23.6. The number of hydrogen-bond acceptors (Lipinski definition) is 11. The molecule has 11 nitrogen and oxygen atoms in total. The van der Waals surface area contributed by atoms with E-state index >= 15 is 0 Å². The fourth-order valence-electron chi connectivity index (χ4n) is 4.01. The second-order valence-corrected chi connectivity index (χ2v) is 11.8. The van der Waals surface area contributed by atoms with Gasteiger partial charge in [0.1, 0.15) is 0 Å². The summed E-state index contributed by atoms with van der Waals surface area (Å²) in [7, 11) is 0. The van der Waals surface area contributed by atoms with E-state index in [9.17, 15) is 0 Å². The third-order valence-electron chi connectivity index (χ3n) is 6.52. The Hall–Kier alpha value is -0.440. The van der Waals surface area contributed by atoms with Crippen LogP contribution in [-0.2, 0) is 42.6 Å². The van der Waals surface area contributed by atoms with Crippen LogP contribution in [0, 0.1) is 0 Å². The molecule has 2 heterocycles. The smallest absolute Gasteiger partial charge is 0.0701 e. The SMILES string of the molecule is CC(C)(C)N1CCOCCOCCOCCOCC1.CC(C)(C)N1CCOCCOCCOCCOCCOCC1. The van der Waals surface area contributed by atoms with E-state index in [1.807, 2.05) is 0 Å². The molecule has 11 heteroatoms. The molecule has 0 atom stereocenters. The lowest BCUT2D eigenvalue weighted by atomic mass is 10.1. The predicted octanol–water partition coefficient (Wildman–Crippen LogP) is 2.35. The highest BCUT2D eigenvalue weighted by molar-refractivity contribution is 4.76. The summed E-state index contributed by atoms with van der Waals surface area (Å²) in [5.41, 5.74) is 0.242. The van der Waals surface area contributed by atoms with Crippen molar-refractivity contribution in [3.05, 3.63) is 0 Å². The van der Waals surface area contributed by atoms with E-state index in [0.717, 1.165) is 39.4 Å². The Morgan fingerprint density at radius 2 is 0.415 bits per heavy atom. The van der Waals surface area contributed by atoms with Gasteiger partial charge in [0, 0.05) is 37.3 Å². The van der Waals surface area contributed by atoms with Crippen molar-refractivity contribution in [2.75, 3.05) is 145 Å². The molecule has 2 aliphatic rings.